The van der Waals surface area contributed by atoms with Gasteiger partial charge in [0.1, 0.15) is 5.82 Å². The van der Waals surface area contributed by atoms with Crippen LogP contribution in [-0.2, 0) is 9.84 Å². The van der Waals surface area contributed by atoms with Gasteiger partial charge in [0.05, 0.1) is 26.6 Å². The molecule has 2 heterocycles. The Kier molecular flexibility index (Phi) is 6.14. The summed E-state index contributed by atoms with van der Waals surface area (Å²) in [5.41, 5.74) is 9.54. The van der Waals surface area contributed by atoms with Gasteiger partial charge in [0.2, 0.25) is 0 Å². The van der Waals surface area contributed by atoms with Crippen LogP contribution in [0.3, 0.4) is 0 Å². The Labute approximate surface area is 187 Å². The lowest BCUT2D eigenvalue weighted by Crippen LogP contribution is -2.24. The monoisotopic (exact) mass is 457 g/mol. The van der Waals surface area contributed by atoms with E-state index in [4.69, 9.17) is 5.73 Å². The quantitative estimate of drug-likeness (QED) is 0.588. The first-order valence-electron chi connectivity index (χ1n) is 10.4. The highest BCUT2D eigenvalue weighted by Gasteiger charge is 2.26. The number of nitrogens with zero attached hydrogens (tertiary/aromatic N) is 2. The van der Waals surface area contributed by atoms with Crippen molar-refractivity contribution in [3.8, 4) is 21.6 Å². The predicted molar refractivity (Wildman–Crippen MR) is 125 cm³/mol. The predicted octanol–water partition coefficient (Wildman–Crippen LogP) is 4.40. The molecule has 0 amide bonds. The van der Waals surface area contributed by atoms with Crippen molar-refractivity contribution in [2.45, 2.75) is 50.5 Å². The number of nitrogen functional groups attached to an aromatic ring is 1. The zero-order chi connectivity index (χ0) is 22.2. The summed E-state index contributed by atoms with van der Waals surface area (Å²) in [6.45, 7) is 3.90. The fourth-order valence-electron chi connectivity index (χ4n) is 4.13. The van der Waals surface area contributed by atoms with Gasteiger partial charge in [-0.1, -0.05) is 6.07 Å². The van der Waals surface area contributed by atoms with E-state index >= 15 is 0 Å². The van der Waals surface area contributed by atoms with Gasteiger partial charge in [-0.3, -0.25) is 0 Å². The van der Waals surface area contributed by atoms with Crippen molar-refractivity contribution in [2.24, 2.45) is 5.92 Å². The summed E-state index contributed by atoms with van der Waals surface area (Å²) in [5, 5.41) is 10.6. The summed E-state index contributed by atoms with van der Waals surface area (Å²) in [4.78, 5) is 9.92. The zero-order valence-electron chi connectivity index (χ0n) is 17.7. The minimum Gasteiger partial charge on any atom is -0.393 e. The maximum atomic E-state index is 13.1. The van der Waals surface area contributed by atoms with Crippen LogP contribution in [0.15, 0.2) is 41.6 Å². The molecular weight excluding hydrogens is 430 g/mol. The van der Waals surface area contributed by atoms with Crippen LogP contribution in [0.4, 0.5) is 5.82 Å². The van der Waals surface area contributed by atoms with E-state index in [-0.39, 0.29) is 17.8 Å². The van der Waals surface area contributed by atoms with Crippen molar-refractivity contribution in [1.29, 1.82) is 0 Å². The van der Waals surface area contributed by atoms with E-state index in [9.17, 15) is 13.5 Å². The van der Waals surface area contributed by atoms with Crippen molar-refractivity contribution in [3.05, 3.63) is 47.2 Å². The number of aliphatic hydroxyl groups is 1. The number of hydrogen-bond acceptors (Lipinski definition) is 7. The van der Waals surface area contributed by atoms with Crippen LogP contribution in [0.2, 0.25) is 0 Å². The summed E-state index contributed by atoms with van der Waals surface area (Å²) < 4.78 is 26.2. The van der Waals surface area contributed by atoms with Gasteiger partial charge < -0.3 is 10.8 Å². The van der Waals surface area contributed by atoms with Crippen LogP contribution in [0.1, 0.15) is 36.3 Å². The van der Waals surface area contributed by atoms with Crippen LogP contribution in [0, 0.1) is 19.8 Å². The van der Waals surface area contributed by atoms with Crippen LogP contribution < -0.4 is 5.73 Å². The first-order chi connectivity index (χ1) is 14.7. The van der Waals surface area contributed by atoms with Gasteiger partial charge in [-0.25, -0.2) is 18.4 Å². The highest BCUT2D eigenvalue weighted by Crippen LogP contribution is 2.35. The molecule has 31 heavy (non-hydrogen) atoms. The minimum absolute atomic E-state index is 0.0949. The fraction of sp³-hybridized carbons (Fsp3) is 0.391. The van der Waals surface area contributed by atoms with Crippen molar-refractivity contribution in [3.63, 3.8) is 0 Å². The highest BCUT2D eigenvalue weighted by atomic mass is 32.2. The Morgan fingerprint density at radius 2 is 1.81 bits per heavy atom. The Morgan fingerprint density at radius 1 is 1.06 bits per heavy atom. The Balaban J connectivity index is 1.67. The molecule has 8 heteroatoms. The van der Waals surface area contributed by atoms with E-state index in [2.05, 4.69) is 9.97 Å². The summed E-state index contributed by atoms with van der Waals surface area (Å²) in [6.07, 6.45) is 6.03. The standard InChI is InChI=1S/C23H27N3O3S2/c1-14-3-8-19(31(28,29)13-16-4-6-18(27)7-5-16)10-20(14)17-9-21(23(24)26-11-17)22-12-25-15(2)30-22/h3,8-12,16,18,27H,4-7,13H2,1-2H3,(H2,24,26). The van der Waals surface area contributed by atoms with Crippen molar-refractivity contribution in [2.75, 3.05) is 11.5 Å². The normalized spacial score (nSPS) is 19.5. The minimum atomic E-state index is -3.43. The Bertz CT molecular complexity index is 1200. The molecule has 0 unspecified atom stereocenters. The lowest BCUT2D eigenvalue weighted by Gasteiger charge is -2.25. The van der Waals surface area contributed by atoms with E-state index in [0.29, 0.717) is 23.6 Å². The lowest BCUT2D eigenvalue weighted by molar-refractivity contribution is 0.113. The molecule has 6 nitrogen and oxygen atoms in total. The van der Waals surface area contributed by atoms with Crippen LogP contribution >= 0.6 is 11.3 Å². The Hall–Kier alpha value is -2.29. The fourth-order valence-corrected chi connectivity index (χ4v) is 6.65. The van der Waals surface area contributed by atoms with Gasteiger partial charge in [-0.2, -0.15) is 0 Å². The molecule has 1 saturated carbocycles. The smallest absolute Gasteiger partial charge is 0.178 e. The molecule has 1 aliphatic carbocycles. The number of anilines is 1. The molecular formula is C23H27N3O3S2. The SMILES string of the molecule is Cc1ncc(-c2cc(-c3cc(S(=O)(=O)CC4CCC(O)CC4)ccc3C)cnc2N)s1. The third kappa shape index (κ3) is 4.81. The Morgan fingerprint density at radius 3 is 2.48 bits per heavy atom. The molecule has 0 saturated heterocycles. The molecule has 0 atom stereocenters. The molecule has 0 bridgehead atoms. The topological polar surface area (TPSA) is 106 Å². The molecule has 1 aromatic carbocycles. The van der Waals surface area contributed by atoms with Crippen LogP contribution in [-0.4, -0.2) is 35.3 Å². The maximum absolute atomic E-state index is 13.1. The first kappa shape index (κ1) is 21.9. The molecule has 3 aromatic rings. The summed E-state index contributed by atoms with van der Waals surface area (Å²) in [7, 11) is -3.43. The zero-order valence-corrected chi connectivity index (χ0v) is 19.3. The van der Waals surface area contributed by atoms with Crippen LogP contribution in [0.5, 0.6) is 0 Å². The van der Waals surface area contributed by atoms with Gasteiger partial charge in [0.25, 0.3) is 0 Å². The van der Waals surface area contributed by atoms with E-state index in [1.54, 1.807) is 35.9 Å². The maximum Gasteiger partial charge on any atom is 0.178 e. The van der Waals surface area contributed by atoms with E-state index < -0.39 is 9.84 Å². The molecule has 3 N–H and O–H groups in total. The number of sulfone groups is 1. The van der Waals surface area contributed by atoms with Crippen LogP contribution in [0.25, 0.3) is 21.6 Å². The van der Waals surface area contributed by atoms with Crippen molar-refractivity contribution >= 4 is 27.0 Å². The largest absolute Gasteiger partial charge is 0.393 e. The second-order valence-corrected chi connectivity index (χ2v) is 11.6. The van der Waals surface area contributed by atoms with Gasteiger partial charge >= 0.3 is 0 Å². The molecule has 1 fully saturated rings. The van der Waals surface area contributed by atoms with Gasteiger partial charge in [0.15, 0.2) is 9.84 Å². The summed E-state index contributed by atoms with van der Waals surface area (Å²) in [6, 6.07) is 7.23. The number of aryl methyl sites for hydroxylation is 2. The number of rotatable bonds is 5. The van der Waals surface area contributed by atoms with E-state index in [1.807, 2.05) is 26.0 Å². The van der Waals surface area contributed by atoms with Crippen molar-refractivity contribution < 1.29 is 13.5 Å². The van der Waals surface area contributed by atoms with Gasteiger partial charge in [-0.05, 0) is 74.8 Å². The van der Waals surface area contributed by atoms with E-state index in [1.165, 1.54) is 0 Å². The average molecular weight is 458 g/mol. The second-order valence-electron chi connectivity index (χ2n) is 8.33. The van der Waals surface area contributed by atoms with Gasteiger partial charge in [0, 0.05) is 23.5 Å². The van der Waals surface area contributed by atoms with E-state index in [0.717, 1.165) is 45.0 Å². The lowest BCUT2D eigenvalue weighted by atomic mass is 9.89. The molecule has 2 aromatic heterocycles. The number of nitrogens with two attached hydrogens (primary N) is 1. The molecule has 0 aliphatic heterocycles. The molecule has 0 radical (unpaired) electrons. The summed E-state index contributed by atoms with van der Waals surface area (Å²) in [5.74, 6) is 0.638. The third-order valence-electron chi connectivity index (χ3n) is 5.96. The highest BCUT2D eigenvalue weighted by molar-refractivity contribution is 7.91. The van der Waals surface area contributed by atoms with Crippen molar-refractivity contribution in [1.82, 2.24) is 9.97 Å². The van der Waals surface area contributed by atoms with Gasteiger partial charge in [-0.15, -0.1) is 11.3 Å². The average Bonchev–Trinajstić information content (AvgIpc) is 3.16. The molecule has 0 spiro atoms. The number of pyridine rings is 1. The number of thiazole rings is 1. The molecule has 164 valence electrons. The number of benzene rings is 1. The second kappa shape index (κ2) is 8.68. The number of aliphatic hydroxyl groups excluding tert-OH is 1. The number of aromatic nitrogens is 2. The molecule has 1 aliphatic rings. The molecule has 4 rings (SSSR count). The summed E-state index contributed by atoms with van der Waals surface area (Å²) >= 11 is 1.55. The number of hydrogen-bond donors (Lipinski definition) is 2. The first-order valence-corrected chi connectivity index (χ1v) is 12.9. The third-order valence-corrected chi connectivity index (χ3v) is 8.78.